The summed E-state index contributed by atoms with van der Waals surface area (Å²) in [6.45, 7) is 8.85. The van der Waals surface area contributed by atoms with E-state index in [1.807, 2.05) is 0 Å². The number of nitriles is 1. The Labute approximate surface area is 99.1 Å². The summed E-state index contributed by atoms with van der Waals surface area (Å²) < 4.78 is 0. The van der Waals surface area contributed by atoms with E-state index in [0.717, 1.165) is 12.8 Å². The first kappa shape index (κ1) is 12.8. The maximum Gasteiger partial charge on any atom is 0.0621 e. The fourth-order valence-corrected chi connectivity index (χ4v) is 1.77. The fraction of sp³-hybridized carbons (Fsp3) is 0.533. The fourth-order valence-electron chi connectivity index (χ4n) is 1.77. The van der Waals surface area contributed by atoms with E-state index in [1.54, 1.807) is 0 Å². The normalized spacial score (nSPS) is 11.2. The van der Waals surface area contributed by atoms with Gasteiger partial charge in [0.25, 0.3) is 0 Å². The third-order valence-electron chi connectivity index (χ3n) is 2.95. The first-order valence-corrected chi connectivity index (χ1v) is 5.92. The van der Waals surface area contributed by atoms with E-state index in [2.05, 4.69) is 52.0 Å². The molecule has 0 bridgehead atoms. The third kappa shape index (κ3) is 3.38. The maximum absolute atomic E-state index is 8.55. The summed E-state index contributed by atoms with van der Waals surface area (Å²) in [4.78, 5) is 0. The van der Waals surface area contributed by atoms with E-state index in [1.165, 1.54) is 16.7 Å². The molecule has 1 aromatic rings. The van der Waals surface area contributed by atoms with Crippen LogP contribution in [0.1, 0.15) is 50.3 Å². The average molecular weight is 215 g/mol. The molecule has 0 aliphatic heterocycles. The highest BCUT2D eigenvalue weighted by Gasteiger charge is 2.14. The van der Waals surface area contributed by atoms with Crippen LogP contribution in [0.3, 0.4) is 0 Å². The number of aryl methyl sites for hydroxylation is 2. The summed E-state index contributed by atoms with van der Waals surface area (Å²) in [6.07, 6.45) is 2.63. The molecular formula is C15H21N. The van der Waals surface area contributed by atoms with Crippen LogP contribution >= 0.6 is 0 Å². The van der Waals surface area contributed by atoms with Crippen LogP contribution in [0, 0.1) is 18.3 Å². The predicted octanol–water partition coefficient (Wildman–Crippen LogP) is 4.14. The van der Waals surface area contributed by atoms with Crippen molar-refractivity contribution in [1.29, 1.82) is 5.26 Å². The van der Waals surface area contributed by atoms with E-state index in [0.29, 0.717) is 6.42 Å². The van der Waals surface area contributed by atoms with Crippen LogP contribution in [-0.2, 0) is 11.8 Å². The summed E-state index contributed by atoms with van der Waals surface area (Å²) in [7, 11) is 0. The molecule has 0 aliphatic rings. The van der Waals surface area contributed by atoms with Gasteiger partial charge in [-0.15, -0.1) is 0 Å². The van der Waals surface area contributed by atoms with Gasteiger partial charge in [-0.3, -0.25) is 0 Å². The molecule has 1 heteroatoms. The first-order chi connectivity index (χ1) is 7.45. The van der Waals surface area contributed by atoms with Crippen LogP contribution in [0.25, 0.3) is 0 Å². The molecule has 0 aromatic heterocycles. The van der Waals surface area contributed by atoms with Crippen molar-refractivity contribution in [2.24, 2.45) is 0 Å². The lowest BCUT2D eigenvalue weighted by Gasteiger charge is -2.20. The second-order valence-electron chi connectivity index (χ2n) is 5.40. The van der Waals surface area contributed by atoms with Crippen LogP contribution in [0.4, 0.5) is 0 Å². The van der Waals surface area contributed by atoms with Gasteiger partial charge in [-0.25, -0.2) is 0 Å². The molecule has 1 aromatic carbocycles. The van der Waals surface area contributed by atoms with Crippen molar-refractivity contribution in [2.45, 2.75) is 52.4 Å². The number of benzene rings is 1. The highest BCUT2D eigenvalue weighted by Crippen LogP contribution is 2.25. The minimum atomic E-state index is 0.206. The lowest BCUT2D eigenvalue weighted by molar-refractivity contribution is 0.588. The summed E-state index contributed by atoms with van der Waals surface area (Å²) in [5.74, 6) is 0. The predicted molar refractivity (Wildman–Crippen MR) is 68.4 cm³/mol. The number of hydrogen-bond acceptors (Lipinski definition) is 1. The number of rotatable bonds is 3. The molecule has 0 aliphatic carbocycles. The van der Waals surface area contributed by atoms with Crippen molar-refractivity contribution in [3.05, 3.63) is 34.9 Å². The molecule has 0 radical (unpaired) electrons. The Kier molecular flexibility index (Phi) is 4.12. The van der Waals surface area contributed by atoms with Gasteiger partial charge in [-0.2, -0.15) is 5.26 Å². The Hall–Kier alpha value is -1.29. The van der Waals surface area contributed by atoms with Crippen LogP contribution in [0.2, 0.25) is 0 Å². The van der Waals surface area contributed by atoms with Crippen molar-refractivity contribution in [1.82, 2.24) is 0 Å². The van der Waals surface area contributed by atoms with Crippen LogP contribution in [0.5, 0.6) is 0 Å². The molecule has 0 unspecified atom stereocenters. The highest BCUT2D eigenvalue weighted by atomic mass is 14.2. The Morgan fingerprint density at radius 1 is 1.25 bits per heavy atom. The van der Waals surface area contributed by atoms with Crippen LogP contribution < -0.4 is 0 Å². The van der Waals surface area contributed by atoms with E-state index < -0.39 is 0 Å². The Bertz CT molecular complexity index is 391. The van der Waals surface area contributed by atoms with Gasteiger partial charge in [-0.05, 0) is 41.9 Å². The summed E-state index contributed by atoms with van der Waals surface area (Å²) in [5.41, 5.74) is 4.32. The summed E-state index contributed by atoms with van der Waals surface area (Å²) >= 11 is 0. The number of unbranched alkanes of at least 4 members (excludes halogenated alkanes) is 1. The molecule has 1 nitrogen and oxygen atoms in total. The Balaban J connectivity index is 2.88. The second kappa shape index (κ2) is 5.16. The molecule has 0 fully saturated rings. The topological polar surface area (TPSA) is 23.8 Å². The average Bonchev–Trinajstić information content (AvgIpc) is 2.19. The van der Waals surface area contributed by atoms with E-state index in [9.17, 15) is 0 Å². The number of hydrogen-bond donors (Lipinski definition) is 0. The molecule has 0 heterocycles. The maximum atomic E-state index is 8.55. The zero-order valence-electron chi connectivity index (χ0n) is 10.8. The lowest BCUT2D eigenvalue weighted by Crippen LogP contribution is -2.11. The minimum absolute atomic E-state index is 0.206. The van der Waals surface area contributed by atoms with Gasteiger partial charge in [0.15, 0.2) is 0 Å². The van der Waals surface area contributed by atoms with Crippen molar-refractivity contribution < 1.29 is 0 Å². The van der Waals surface area contributed by atoms with Gasteiger partial charge in [0.1, 0.15) is 0 Å². The standard InChI is InChI=1S/C15H21N/c1-12-8-9-14(15(2,3)4)11-13(12)7-5-6-10-16/h8-9,11H,5-7H2,1-4H3. The molecule has 16 heavy (non-hydrogen) atoms. The van der Waals surface area contributed by atoms with Crippen LogP contribution in [0.15, 0.2) is 18.2 Å². The highest BCUT2D eigenvalue weighted by molar-refractivity contribution is 5.34. The molecule has 0 N–H and O–H groups in total. The van der Waals surface area contributed by atoms with Gasteiger partial charge in [0, 0.05) is 6.42 Å². The molecule has 86 valence electrons. The largest absolute Gasteiger partial charge is 0.198 e. The van der Waals surface area contributed by atoms with Gasteiger partial charge in [0.2, 0.25) is 0 Å². The smallest absolute Gasteiger partial charge is 0.0621 e. The summed E-state index contributed by atoms with van der Waals surface area (Å²) in [5, 5.41) is 8.55. The number of nitrogens with zero attached hydrogens (tertiary/aromatic N) is 1. The van der Waals surface area contributed by atoms with E-state index in [-0.39, 0.29) is 5.41 Å². The Morgan fingerprint density at radius 2 is 1.94 bits per heavy atom. The molecule has 0 amide bonds. The van der Waals surface area contributed by atoms with Gasteiger partial charge in [-0.1, -0.05) is 39.0 Å². The molecule has 0 saturated heterocycles. The van der Waals surface area contributed by atoms with Gasteiger partial charge < -0.3 is 0 Å². The monoisotopic (exact) mass is 215 g/mol. The van der Waals surface area contributed by atoms with Gasteiger partial charge in [0.05, 0.1) is 6.07 Å². The quantitative estimate of drug-likeness (QED) is 0.695. The zero-order valence-corrected chi connectivity index (χ0v) is 10.8. The minimum Gasteiger partial charge on any atom is -0.198 e. The third-order valence-corrected chi connectivity index (χ3v) is 2.95. The first-order valence-electron chi connectivity index (χ1n) is 5.92. The van der Waals surface area contributed by atoms with Crippen molar-refractivity contribution in [3.63, 3.8) is 0 Å². The van der Waals surface area contributed by atoms with Crippen molar-refractivity contribution in [2.75, 3.05) is 0 Å². The summed E-state index contributed by atoms with van der Waals surface area (Å²) in [6, 6.07) is 8.91. The molecule has 0 saturated carbocycles. The van der Waals surface area contributed by atoms with Gasteiger partial charge >= 0.3 is 0 Å². The molecular weight excluding hydrogens is 194 g/mol. The molecule has 1 rings (SSSR count). The molecule has 0 atom stereocenters. The second-order valence-corrected chi connectivity index (χ2v) is 5.40. The van der Waals surface area contributed by atoms with E-state index >= 15 is 0 Å². The SMILES string of the molecule is Cc1ccc(C(C)(C)C)cc1CCCC#N. The molecule has 0 spiro atoms. The Morgan fingerprint density at radius 3 is 2.50 bits per heavy atom. The zero-order chi connectivity index (χ0) is 12.2. The van der Waals surface area contributed by atoms with E-state index in [4.69, 9.17) is 5.26 Å². The van der Waals surface area contributed by atoms with Crippen molar-refractivity contribution in [3.8, 4) is 6.07 Å². The lowest BCUT2D eigenvalue weighted by atomic mass is 9.84. The van der Waals surface area contributed by atoms with Crippen molar-refractivity contribution >= 4 is 0 Å². The van der Waals surface area contributed by atoms with Crippen LogP contribution in [-0.4, -0.2) is 0 Å².